The Hall–Kier alpha value is -0.970. The van der Waals surface area contributed by atoms with Crippen LogP contribution in [0.2, 0.25) is 10.0 Å². The van der Waals surface area contributed by atoms with E-state index in [0.29, 0.717) is 15.7 Å². The molecule has 0 heterocycles. The van der Waals surface area contributed by atoms with Crippen LogP contribution in [0.4, 0.5) is 10.5 Å². The van der Waals surface area contributed by atoms with E-state index in [9.17, 15) is 4.79 Å². The molecule has 0 atom stereocenters. The van der Waals surface area contributed by atoms with Crippen LogP contribution in [0.3, 0.4) is 0 Å². The number of hydrogen-bond acceptors (Lipinski definition) is 3. The second kappa shape index (κ2) is 5.99. The summed E-state index contributed by atoms with van der Waals surface area (Å²) in [5.41, 5.74) is 6.15. The van der Waals surface area contributed by atoms with Crippen molar-refractivity contribution in [3.8, 4) is 0 Å². The maximum Gasteiger partial charge on any atom is 0.411 e. The predicted molar refractivity (Wildman–Crippen MR) is 76.8 cm³/mol. The van der Waals surface area contributed by atoms with E-state index >= 15 is 0 Å². The van der Waals surface area contributed by atoms with Gasteiger partial charge in [0.2, 0.25) is 0 Å². The first-order valence-corrected chi connectivity index (χ1v) is 6.92. The largest absolute Gasteiger partial charge is 0.447 e. The van der Waals surface area contributed by atoms with Gasteiger partial charge in [0.25, 0.3) is 0 Å². The number of carbonyl (C=O) groups is 1. The number of anilines is 1. The number of rotatable bonds is 3. The number of benzene rings is 1. The first-order valence-electron chi connectivity index (χ1n) is 6.16. The molecule has 1 aliphatic rings. The average Bonchev–Trinajstić information content (AvgIpc) is 2.79. The topological polar surface area (TPSA) is 64.3 Å². The average molecular weight is 303 g/mol. The van der Waals surface area contributed by atoms with Crippen LogP contribution in [-0.2, 0) is 4.74 Å². The summed E-state index contributed by atoms with van der Waals surface area (Å²) in [5.74, 6) is 0. The van der Waals surface area contributed by atoms with Crippen molar-refractivity contribution in [3.63, 3.8) is 0 Å². The molecule has 0 aliphatic heterocycles. The summed E-state index contributed by atoms with van der Waals surface area (Å²) in [7, 11) is 0. The zero-order valence-electron chi connectivity index (χ0n) is 10.4. The zero-order valence-corrected chi connectivity index (χ0v) is 11.9. The van der Waals surface area contributed by atoms with Gasteiger partial charge in [0.15, 0.2) is 0 Å². The van der Waals surface area contributed by atoms with E-state index in [4.69, 9.17) is 33.7 Å². The number of hydrogen-bond donors (Lipinski definition) is 2. The van der Waals surface area contributed by atoms with Gasteiger partial charge in [0, 0.05) is 5.02 Å². The van der Waals surface area contributed by atoms with E-state index in [0.717, 1.165) is 25.7 Å². The summed E-state index contributed by atoms with van der Waals surface area (Å²) in [6.07, 6.45) is 3.38. The normalized spacial score (nSPS) is 17.2. The molecular formula is C13H16Cl2N2O2. The van der Waals surface area contributed by atoms with Crippen LogP contribution in [0.1, 0.15) is 25.7 Å². The Balaban J connectivity index is 1.89. The molecule has 2 rings (SSSR count). The fraction of sp³-hybridized carbons (Fsp3) is 0.462. The number of nitrogens with two attached hydrogens (primary N) is 1. The van der Waals surface area contributed by atoms with Gasteiger partial charge in [-0.25, -0.2) is 4.79 Å². The molecule has 1 fully saturated rings. The van der Waals surface area contributed by atoms with Gasteiger partial charge >= 0.3 is 6.09 Å². The Kier molecular flexibility index (Phi) is 4.55. The molecule has 0 unspecified atom stereocenters. The highest BCUT2D eigenvalue weighted by Crippen LogP contribution is 2.28. The minimum atomic E-state index is -0.569. The molecule has 3 N–H and O–H groups in total. The fourth-order valence-electron chi connectivity index (χ4n) is 2.17. The van der Waals surface area contributed by atoms with E-state index in [1.807, 2.05) is 0 Å². The molecule has 0 saturated heterocycles. The molecule has 1 aromatic carbocycles. The number of halogens is 2. The Morgan fingerprint density at radius 3 is 2.74 bits per heavy atom. The number of nitrogens with one attached hydrogen (secondary N) is 1. The second-order valence-corrected chi connectivity index (χ2v) is 5.74. The lowest BCUT2D eigenvalue weighted by atomic mass is 10.0. The van der Waals surface area contributed by atoms with Crippen molar-refractivity contribution in [2.75, 3.05) is 11.9 Å². The lowest BCUT2D eigenvalue weighted by Gasteiger charge is -2.22. The van der Waals surface area contributed by atoms with Gasteiger partial charge in [-0.3, -0.25) is 5.32 Å². The van der Waals surface area contributed by atoms with Crippen LogP contribution in [0.15, 0.2) is 18.2 Å². The van der Waals surface area contributed by atoms with Gasteiger partial charge in [-0.05, 0) is 31.0 Å². The second-order valence-electron chi connectivity index (χ2n) is 4.89. The molecule has 1 amide bonds. The molecule has 1 saturated carbocycles. The van der Waals surface area contributed by atoms with Crippen molar-refractivity contribution in [3.05, 3.63) is 28.2 Å². The predicted octanol–water partition coefficient (Wildman–Crippen LogP) is 3.81. The highest BCUT2D eigenvalue weighted by molar-refractivity contribution is 6.35. The van der Waals surface area contributed by atoms with Crippen molar-refractivity contribution < 1.29 is 9.53 Å². The van der Waals surface area contributed by atoms with Crippen molar-refractivity contribution >= 4 is 35.0 Å². The van der Waals surface area contributed by atoms with E-state index in [1.54, 1.807) is 18.2 Å². The third-order valence-corrected chi connectivity index (χ3v) is 3.82. The lowest BCUT2D eigenvalue weighted by molar-refractivity contribution is 0.130. The quantitative estimate of drug-likeness (QED) is 0.892. The third-order valence-electron chi connectivity index (χ3n) is 3.26. The standard InChI is InChI=1S/C13H16Cl2N2O2/c14-9-3-4-10(15)11(7-9)17-12(18)19-8-13(16)5-1-2-6-13/h3-4,7H,1-2,5-6,8,16H2,(H,17,18). The molecule has 1 aromatic rings. The number of amides is 1. The fourth-order valence-corrected chi connectivity index (χ4v) is 2.51. The monoisotopic (exact) mass is 302 g/mol. The molecule has 0 radical (unpaired) electrons. The van der Waals surface area contributed by atoms with Crippen LogP contribution in [0.5, 0.6) is 0 Å². The summed E-state index contributed by atoms with van der Waals surface area (Å²) in [6, 6.07) is 4.83. The van der Waals surface area contributed by atoms with E-state index in [2.05, 4.69) is 5.32 Å². The molecule has 0 spiro atoms. The highest BCUT2D eigenvalue weighted by atomic mass is 35.5. The molecular weight excluding hydrogens is 287 g/mol. The lowest BCUT2D eigenvalue weighted by Crippen LogP contribution is -2.42. The first kappa shape index (κ1) is 14.4. The summed E-state index contributed by atoms with van der Waals surface area (Å²) in [6.45, 7) is 0.219. The molecule has 104 valence electrons. The van der Waals surface area contributed by atoms with Crippen LogP contribution in [0.25, 0.3) is 0 Å². The smallest absolute Gasteiger partial charge is 0.411 e. The van der Waals surface area contributed by atoms with Gasteiger partial charge in [-0.15, -0.1) is 0 Å². The Morgan fingerprint density at radius 2 is 2.05 bits per heavy atom. The highest BCUT2D eigenvalue weighted by Gasteiger charge is 2.30. The molecule has 1 aliphatic carbocycles. The molecule has 4 nitrogen and oxygen atoms in total. The summed E-state index contributed by atoms with van der Waals surface area (Å²) >= 11 is 11.8. The minimum absolute atomic E-state index is 0.219. The third kappa shape index (κ3) is 4.00. The molecule has 0 aromatic heterocycles. The summed E-state index contributed by atoms with van der Waals surface area (Å²) < 4.78 is 5.15. The van der Waals surface area contributed by atoms with Crippen molar-refractivity contribution in [2.45, 2.75) is 31.2 Å². The van der Waals surface area contributed by atoms with Crippen LogP contribution < -0.4 is 11.1 Å². The van der Waals surface area contributed by atoms with Gasteiger partial charge in [0.05, 0.1) is 16.2 Å². The van der Waals surface area contributed by atoms with Crippen molar-refractivity contribution in [1.82, 2.24) is 0 Å². The maximum absolute atomic E-state index is 11.7. The van der Waals surface area contributed by atoms with Crippen molar-refractivity contribution in [2.24, 2.45) is 5.73 Å². The molecule has 6 heteroatoms. The van der Waals surface area contributed by atoms with E-state index < -0.39 is 6.09 Å². The minimum Gasteiger partial charge on any atom is -0.447 e. The van der Waals surface area contributed by atoms with Crippen LogP contribution >= 0.6 is 23.2 Å². The first-order chi connectivity index (χ1) is 8.98. The van der Waals surface area contributed by atoms with Gasteiger partial charge < -0.3 is 10.5 Å². The van der Waals surface area contributed by atoms with E-state index in [-0.39, 0.29) is 12.1 Å². The van der Waals surface area contributed by atoms with Gasteiger partial charge in [0.1, 0.15) is 6.61 Å². The van der Waals surface area contributed by atoms with E-state index in [1.165, 1.54) is 0 Å². The summed E-state index contributed by atoms with van der Waals surface area (Å²) in [5, 5.41) is 3.46. The van der Waals surface area contributed by atoms with Crippen molar-refractivity contribution in [1.29, 1.82) is 0 Å². The van der Waals surface area contributed by atoms with Crippen LogP contribution in [0, 0.1) is 0 Å². The zero-order chi connectivity index (χ0) is 13.9. The van der Waals surface area contributed by atoms with Gasteiger partial charge in [-0.1, -0.05) is 36.0 Å². The van der Waals surface area contributed by atoms with Gasteiger partial charge in [-0.2, -0.15) is 0 Å². The number of carbonyl (C=O) groups excluding carboxylic acids is 1. The SMILES string of the molecule is NC1(COC(=O)Nc2cc(Cl)ccc2Cl)CCCC1. The Bertz CT molecular complexity index is 474. The Labute approximate surface area is 122 Å². The maximum atomic E-state index is 11.7. The number of ether oxygens (including phenoxy) is 1. The Morgan fingerprint density at radius 1 is 1.37 bits per heavy atom. The summed E-state index contributed by atoms with van der Waals surface area (Å²) in [4.78, 5) is 11.7. The molecule has 0 bridgehead atoms. The van der Waals surface area contributed by atoms with Crippen LogP contribution in [-0.4, -0.2) is 18.2 Å². The molecule has 19 heavy (non-hydrogen) atoms.